The van der Waals surface area contributed by atoms with Gasteiger partial charge in [-0.15, -0.1) is 0 Å². The number of hydrogen-bond acceptors (Lipinski definition) is 1. The molecule has 0 fully saturated rings. The molecule has 77 valence electrons. The molecule has 0 heterocycles. The molecule has 0 aliphatic rings. The second-order valence-electron chi connectivity index (χ2n) is 3.40. The van der Waals surface area contributed by atoms with E-state index in [0.717, 1.165) is 12.8 Å². The molecular formula is C11H22NO. The van der Waals surface area contributed by atoms with Gasteiger partial charge in [-0.3, -0.25) is 4.79 Å². The van der Waals surface area contributed by atoms with Crippen LogP contribution in [0, 0.1) is 6.92 Å². The predicted octanol–water partition coefficient (Wildman–Crippen LogP) is 2.69. The van der Waals surface area contributed by atoms with E-state index in [1.54, 1.807) is 7.05 Å². The molecule has 0 aliphatic heterocycles. The molecule has 0 saturated heterocycles. The number of amides is 1. The first-order valence-corrected chi connectivity index (χ1v) is 5.31. The van der Waals surface area contributed by atoms with Gasteiger partial charge in [-0.05, 0) is 6.42 Å². The lowest BCUT2D eigenvalue weighted by molar-refractivity contribution is -0.120. The van der Waals surface area contributed by atoms with E-state index in [0.29, 0.717) is 6.42 Å². The lowest BCUT2D eigenvalue weighted by Gasteiger charge is -2.00. The molecule has 0 atom stereocenters. The maximum Gasteiger partial charge on any atom is 0.219 e. The van der Waals surface area contributed by atoms with Crippen molar-refractivity contribution in [3.05, 3.63) is 6.92 Å². The normalized spacial score (nSPS) is 10.0. The number of carbonyl (C=O) groups is 1. The van der Waals surface area contributed by atoms with Crippen LogP contribution < -0.4 is 5.32 Å². The van der Waals surface area contributed by atoms with Crippen LogP contribution in [0.4, 0.5) is 0 Å². The molecule has 1 N–H and O–H groups in total. The Morgan fingerprint density at radius 1 is 1.08 bits per heavy atom. The minimum Gasteiger partial charge on any atom is -0.359 e. The summed E-state index contributed by atoms with van der Waals surface area (Å²) in [5.74, 6) is 0.165. The Kier molecular flexibility index (Phi) is 9.17. The Hall–Kier alpha value is -0.530. The van der Waals surface area contributed by atoms with Gasteiger partial charge < -0.3 is 5.32 Å². The lowest BCUT2D eigenvalue weighted by atomic mass is 10.1. The van der Waals surface area contributed by atoms with Crippen molar-refractivity contribution in [2.24, 2.45) is 0 Å². The highest BCUT2D eigenvalue weighted by molar-refractivity contribution is 5.75. The summed E-state index contributed by atoms with van der Waals surface area (Å²) in [6.07, 6.45) is 9.05. The van der Waals surface area contributed by atoms with Crippen molar-refractivity contribution in [1.29, 1.82) is 0 Å². The fourth-order valence-electron chi connectivity index (χ4n) is 1.29. The van der Waals surface area contributed by atoms with Crippen molar-refractivity contribution in [3.63, 3.8) is 0 Å². The fraction of sp³-hybridized carbons (Fsp3) is 0.818. The number of nitrogens with one attached hydrogen (secondary N) is 1. The molecule has 2 nitrogen and oxygen atoms in total. The fourth-order valence-corrected chi connectivity index (χ4v) is 1.29. The lowest BCUT2D eigenvalue weighted by Crippen LogP contribution is -2.16. The first-order chi connectivity index (χ1) is 6.31. The van der Waals surface area contributed by atoms with Crippen LogP contribution in [0.15, 0.2) is 0 Å². The minimum atomic E-state index is 0.165. The van der Waals surface area contributed by atoms with E-state index >= 15 is 0 Å². The molecule has 0 unspecified atom stereocenters. The SMILES string of the molecule is [CH2]CCCCCCCCC(=O)NC. The third-order valence-corrected chi connectivity index (χ3v) is 2.18. The van der Waals surface area contributed by atoms with E-state index in [4.69, 9.17) is 0 Å². The van der Waals surface area contributed by atoms with Crippen molar-refractivity contribution >= 4 is 5.91 Å². The third kappa shape index (κ3) is 9.38. The average Bonchev–Trinajstić information content (AvgIpc) is 2.16. The van der Waals surface area contributed by atoms with Crippen LogP contribution in [0.25, 0.3) is 0 Å². The molecule has 0 saturated carbocycles. The Morgan fingerprint density at radius 2 is 1.62 bits per heavy atom. The molecule has 0 bridgehead atoms. The molecule has 0 rings (SSSR count). The second kappa shape index (κ2) is 9.56. The first kappa shape index (κ1) is 12.5. The van der Waals surface area contributed by atoms with E-state index < -0.39 is 0 Å². The van der Waals surface area contributed by atoms with E-state index in [2.05, 4.69) is 12.2 Å². The van der Waals surface area contributed by atoms with Gasteiger partial charge in [-0.1, -0.05) is 45.4 Å². The van der Waals surface area contributed by atoms with Crippen LogP contribution in [0.3, 0.4) is 0 Å². The number of hydrogen-bond donors (Lipinski definition) is 1. The molecule has 13 heavy (non-hydrogen) atoms. The first-order valence-electron chi connectivity index (χ1n) is 5.31. The maximum absolute atomic E-state index is 10.8. The molecule has 0 aliphatic carbocycles. The van der Waals surface area contributed by atoms with Crippen molar-refractivity contribution in [2.75, 3.05) is 7.05 Å². The zero-order valence-electron chi connectivity index (χ0n) is 8.77. The van der Waals surface area contributed by atoms with Crippen LogP contribution in [0.1, 0.15) is 51.4 Å². The highest BCUT2D eigenvalue weighted by Gasteiger charge is 1.96. The summed E-state index contributed by atoms with van der Waals surface area (Å²) >= 11 is 0. The van der Waals surface area contributed by atoms with Crippen molar-refractivity contribution in [3.8, 4) is 0 Å². The Labute approximate surface area is 82.1 Å². The van der Waals surface area contributed by atoms with Gasteiger partial charge in [0.05, 0.1) is 0 Å². The minimum absolute atomic E-state index is 0.165. The number of unbranched alkanes of at least 4 members (excludes halogenated alkanes) is 6. The van der Waals surface area contributed by atoms with Crippen LogP contribution in [-0.2, 0) is 4.79 Å². The smallest absolute Gasteiger partial charge is 0.219 e. The van der Waals surface area contributed by atoms with Gasteiger partial charge in [-0.2, -0.15) is 0 Å². The molecule has 0 aromatic rings. The Morgan fingerprint density at radius 3 is 2.15 bits per heavy atom. The Balaban J connectivity index is 2.95. The van der Waals surface area contributed by atoms with Gasteiger partial charge in [0, 0.05) is 13.5 Å². The third-order valence-electron chi connectivity index (χ3n) is 2.18. The zero-order valence-corrected chi connectivity index (χ0v) is 8.77. The van der Waals surface area contributed by atoms with Crippen molar-refractivity contribution < 1.29 is 4.79 Å². The maximum atomic E-state index is 10.8. The monoisotopic (exact) mass is 184 g/mol. The van der Waals surface area contributed by atoms with Crippen LogP contribution in [0.2, 0.25) is 0 Å². The van der Waals surface area contributed by atoms with E-state index in [-0.39, 0.29) is 5.91 Å². The highest BCUT2D eigenvalue weighted by Crippen LogP contribution is 2.07. The molecular weight excluding hydrogens is 162 g/mol. The summed E-state index contributed by atoms with van der Waals surface area (Å²) in [5, 5.41) is 2.63. The zero-order chi connectivity index (χ0) is 9.94. The summed E-state index contributed by atoms with van der Waals surface area (Å²) in [6.45, 7) is 3.80. The van der Waals surface area contributed by atoms with E-state index in [1.807, 2.05) is 0 Å². The number of rotatable bonds is 8. The Bertz CT molecular complexity index is 123. The quantitative estimate of drug-likeness (QED) is 0.577. The van der Waals surface area contributed by atoms with Gasteiger partial charge >= 0.3 is 0 Å². The summed E-state index contributed by atoms with van der Waals surface area (Å²) in [5.41, 5.74) is 0. The largest absolute Gasteiger partial charge is 0.359 e. The van der Waals surface area contributed by atoms with Crippen LogP contribution in [0.5, 0.6) is 0 Å². The van der Waals surface area contributed by atoms with Gasteiger partial charge in [0.25, 0.3) is 0 Å². The summed E-state index contributed by atoms with van der Waals surface area (Å²) in [6, 6.07) is 0. The van der Waals surface area contributed by atoms with Crippen LogP contribution >= 0.6 is 0 Å². The molecule has 2 heteroatoms. The van der Waals surface area contributed by atoms with Crippen molar-refractivity contribution in [1.82, 2.24) is 5.32 Å². The van der Waals surface area contributed by atoms with E-state index in [1.165, 1.54) is 32.1 Å². The standard InChI is InChI=1S/C11H22NO/c1-3-4-5-6-7-8-9-10-11(13)12-2/h1,3-10H2,2H3,(H,12,13). The summed E-state index contributed by atoms with van der Waals surface area (Å²) in [7, 11) is 1.69. The molecule has 1 radical (unpaired) electrons. The van der Waals surface area contributed by atoms with Gasteiger partial charge in [-0.25, -0.2) is 0 Å². The van der Waals surface area contributed by atoms with Gasteiger partial charge in [0.1, 0.15) is 0 Å². The van der Waals surface area contributed by atoms with Gasteiger partial charge in [0.15, 0.2) is 0 Å². The number of carbonyl (C=O) groups excluding carboxylic acids is 1. The molecule has 1 amide bonds. The second-order valence-corrected chi connectivity index (χ2v) is 3.40. The molecule has 0 aromatic carbocycles. The topological polar surface area (TPSA) is 29.1 Å². The van der Waals surface area contributed by atoms with Crippen molar-refractivity contribution in [2.45, 2.75) is 51.4 Å². The molecule has 0 aromatic heterocycles. The predicted molar refractivity (Wildman–Crippen MR) is 56.4 cm³/mol. The molecule has 0 spiro atoms. The van der Waals surface area contributed by atoms with Gasteiger partial charge in [0.2, 0.25) is 5.91 Å². The summed E-state index contributed by atoms with van der Waals surface area (Å²) in [4.78, 5) is 10.8. The average molecular weight is 184 g/mol. The van der Waals surface area contributed by atoms with E-state index in [9.17, 15) is 4.79 Å². The highest BCUT2D eigenvalue weighted by atomic mass is 16.1. The summed E-state index contributed by atoms with van der Waals surface area (Å²) < 4.78 is 0. The van der Waals surface area contributed by atoms with Crippen LogP contribution in [-0.4, -0.2) is 13.0 Å².